The molecule has 46 heavy (non-hydrogen) atoms. The van der Waals surface area contributed by atoms with Crippen molar-refractivity contribution in [1.82, 2.24) is 9.78 Å². The lowest BCUT2D eigenvalue weighted by molar-refractivity contribution is -0.205. The molecule has 4 fully saturated rings. The van der Waals surface area contributed by atoms with E-state index in [-0.39, 0.29) is 46.7 Å². The number of ether oxygens (including phenoxy) is 1. The number of ketones is 1. The van der Waals surface area contributed by atoms with E-state index < -0.39 is 45.6 Å². The number of hydrogen-bond donors (Lipinski definition) is 2. The van der Waals surface area contributed by atoms with Gasteiger partial charge < -0.3 is 14.9 Å². The van der Waals surface area contributed by atoms with Crippen LogP contribution in [0, 0.1) is 57.2 Å². The molecule has 0 saturated heterocycles. The number of esters is 1. The van der Waals surface area contributed by atoms with E-state index in [1.807, 2.05) is 13.0 Å². The average Bonchev–Trinajstić information content (AvgIpc) is 3.36. The highest BCUT2D eigenvalue weighted by atomic mass is 16.5. The minimum atomic E-state index is -1.28. The van der Waals surface area contributed by atoms with E-state index in [1.165, 1.54) is 0 Å². The van der Waals surface area contributed by atoms with E-state index >= 15 is 0 Å². The van der Waals surface area contributed by atoms with Gasteiger partial charge in [-0.3, -0.25) is 19.1 Å². The topological polar surface area (TPSA) is 136 Å². The van der Waals surface area contributed by atoms with E-state index in [9.17, 15) is 29.4 Å². The second-order valence-electron chi connectivity index (χ2n) is 17.0. The van der Waals surface area contributed by atoms with Crippen molar-refractivity contribution in [3.63, 3.8) is 0 Å². The Morgan fingerprint density at radius 1 is 0.957 bits per heavy atom. The number of fused-ring (bicyclic) bond motifs is 7. The third-order valence-corrected chi connectivity index (χ3v) is 14.8. The molecule has 1 heterocycles. The summed E-state index contributed by atoms with van der Waals surface area (Å²) >= 11 is 0. The second kappa shape index (κ2) is 10.3. The predicted octanol–water partition coefficient (Wildman–Crippen LogP) is 7.04. The van der Waals surface area contributed by atoms with Gasteiger partial charge in [0.05, 0.1) is 29.2 Å². The first kappa shape index (κ1) is 33.0. The van der Waals surface area contributed by atoms with Crippen molar-refractivity contribution in [2.45, 2.75) is 119 Å². The molecular formula is C37H52N2O7. The number of carboxylic acids is 2. The third kappa shape index (κ3) is 4.14. The summed E-state index contributed by atoms with van der Waals surface area (Å²) < 4.78 is 6.93. The predicted molar refractivity (Wildman–Crippen MR) is 171 cm³/mol. The van der Waals surface area contributed by atoms with Gasteiger partial charge in [0.25, 0.3) is 0 Å². The van der Waals surface area contributed by atoms with Gasteiger partial charge in [0.1, 0.15) is 5.69 Å². The largest absolute Gasteiger partial charge is 0.481 e. The van der Waals surface area contributed by atoms with Crippen LogP contribution in [0.15, 0.2) is 17.7 Å². The minimum absolute atomic E-state index is 0.0257. The Balaban J connectivity index is 1.44. The van der Waals surface area contributed by atoms with Crippen molar-refractivity contribution in [3.8, 4) is 0 Å². The first-order chi connectivity index (χ1) is 21.3. The Kier molecular flexibility index (Phi) is 7.35. The highest BCUT2D eigenvalue weighted by molar-refractivity contribution is 5.96. The molecule has 0 aliphatic heterocycles. The number of carbonyl (C=O) groups is 4. The Morgan fingerprint density at radius 2 is 1.63 bits per heavy atom. The van der Waals surface area contributed by atoms with Crippen molar-refractivity contribution in [3.05, 3.63) is 29.1 Å². The van der Waals surface area contributed by atoms with Gasteiger partial charge in [-0.15, -0.1) is 0 Å². The van der Waals surface area contributed by atoms with E-state index in [1.54, 1.807) is 31.5 Å². The van der Waals surface area contributed by atoms with Crippen molar-refractivity contribution in [2.24, 2.45) is 50.2 Å². The number of aliphatic carboxylic acids is 2. The Hall–Kier alpha value is -2.97. The van der Waals surface area contributed by atoms with E-state index in [2.05, 4.69) is 32.8 Å². The molecule has 10 atom stereocenters. The highest BCUT2D eigenvalue weighted by Crippen LogP contribution is 2.76. The van der Waals surface area contributed by atoms with Crippen LogP contribution in [-0.4, -0.2) is 50.3 Å². The van der Waals surface area contributed by atoms with Crippen LogP contribution in [0.25, 0.3) is 0 Å². The van der Waals surface area contributed by atoms with Gasteiger partial charge in [-0.2, -0.15) is 5.10 Å². The molecule has 252 valence electrons. The summed E-state index contributed by atoms with van der Waals surface area (Å²) in [7, 11) is 0. The number of hydrogen-bond acceptors (Lipinski definition) is 6. The maximum absolute atomic E-state index is 14.7. The van der Waals surface area contributed by atoms with Crippen LogP contribution >= 0.6 is 0 Å². The normalized spacial score (nSPS) is 45.0. The van der Waals surface area contributed by atoms with Gasteiger partial charge in [0.2, 0.25) is 0 Å². The molecule has 4 saturated carbocycles. The molecule has 0 aromatic carbocycles. The summed E-state index contributed by atoms with van der Waals surface area (Å²) in [5, 5.41) is 25.9. The lowest BCUT2D eigenvalue weighted by Crippen LogP contribution is -2.67. The fourth-order valence-electron chi connectivity index (χ4n) is 11.8. The molecule has 0 bridgehead atoms. The zero-order valence-corrected chi connectivity index (χ0v) is 28.9. The minimum Gasteiger partial charge on any atom is -0.481 e. The van der Waals surface area contributed by atoms with Crippen molar-refractivity contribution in [1.29, 1.82) is 0 Å². The van der Waals surface area contributed by atoms with Crippen LogP contribution in [-0.2, 0) is 19.1 Å². The molecule has 0 spiro atoms. The van der Waals surface area contributed by atoms with E-state index in [0.717, 1.165) is 24.8 Å². The number of rotatable bonds is 5. The highest BCUT2D eigenvalue weighted by Gasteiger charge is 2.72. The summed E-state index contributed by atoms with van der Waals surface area (Å²) in [6.07, 6.45) is 8.29. The van der Waals surface area contributed by atoms with E-state index in [4.69, 9.17) is 4.74 Å². The monoisotopic (exact) mass is 636 g/mol. The fourth-order valence-corrected chi connectivity index (χ4v) is 11.8. The number of nitrogens with zero attached hydrogens (tertiary/aromatic N) is 2. The Bertz CT molecular complexity index is 1550. The zero-order chi connectivity index (χ0) is 33.8. The van der Waals surface area contributed by atoms with Crippen LogP contribution in [0.3, 0.4) is 0 Å². The molecular weight excluding hydrogens is 584 g/mol. The molecule has 1 aromatic rings. The van der Waals surface area contributed by atoms with Crippen molar-refractivity contribution < 1.29 is 34.1 Å². The molecule has 0 unspecified atom stereocenters. The average molecular weight is 637 g/mol. The summed E-state index contributed by atoms with van der Waals surface area (Å²) in [5.74, 6) is -2.80. The standard InChI is InChI=1S/C37H52N2O7/c1-9-46-29(41)24-18-21(2)38-39(24)27-11-12-34(5)26(37(27,8)31(44)45)10-13-36(7)28(34)25(40)19-22-23-20-33(4,30(42)43)15-14-32(23,3)16-17-35(22,36)6/h18-19,23,26-28H,9-17,20H2,1-8H3,(H,42,43)(H,44,45)/t23-,26+,27-,28+,32+,33-,34-,35+,36+,37-/m0/s1. The van der Waals surface area contributed by atoms with Crippen LogP contribution in [0.1, 0.15) is 128 Å². The van der Waals surface area contributed by atoms with Crippen molar-refractivity contribution >= 4 is 23.7 Å². The molecule has 9 nitrogen and oxygen atoms in total. The molecule has 5 aliphatic rings. The summed E-state index contributed by atoms with van der Waals surface area (Å²) in [5.41, 5.74) is -1.40. The van der Waals surface area contributed by atoms with Gasteiger partial charge in [0.15, 0.2) is 5.78 Å². The smallest absolute Gasteiger partial charge is 0.356 e. The number of aromatic nitrogens is 2. The maximum atomic E-state index is 14.7. The number of carboxylic acid groups (broad SMARTS) is 2. The Labute approximate surface area is 272 Å². The zero-order valence-electron chi connectivity index (χ0n) is 28.9. The fraction of sp³-hybridized carbons (Fsp3) is 0.757. The molecule has 0 radical (unpaired) electrons. The van der Waals surface area contributed by atoms with Crippen molar-refractivity contribution in [2.75, 3.05) is 6.61 Å². The molecule has 5 aliphatic carbocycles. The first-order valence-electron chi connectivity index (χ1n) is 17.3. The van der Waals surface area contributed by atoms with Crippen LogP contribution in [0.4, 0.5) is 0 Å². The SMILES string of the molecule is CCOC(=O)c1cc(C)nn1[C@H]1CC[C@@]2(C)[C@@H](CC[C@]3(C)[C@@H]2C(=O)C=C2[C@@H]4C[C@@](C)(C(=O)O)CC[C@]4(C)CC[C@]23C)[C@]1(C)C(=O)O. The lowest BCUT2D eigenvalue weighted by atomic mass is 9.33. The molecule has 0 amide bonds. The quantitative estimate of drug-likeness (QED) is 0.329. The molecule has 1 aromatic heterocycles. The first-order valence-corrected chi connectivity index (χ1v) is 17.3. The summed E-state index contributed by atoms with van der Waals surface area (Å²) in [6, 6.07) is 1.09. The lowest BCUT2D eigenvalue weighted by Gasteiger charge is -2.70. The number of aryl methyl sites for hydroxylation is 1. The van der Waals surface area contributed by atoms with Gasteiger partial charge in [0, 0.05) is 5.92 Å². The molecule has 2 N–H and O–H groups in total. The van der Waals surface area contributed by atoms with E-state index in [0.29, 0.717) is 44.2 Å². The third-order valence-electron chi connectivity index (χ3n) is 14.8. The van der Waals surface area contributed by atoms with Crippen LogP contribution in [0.5, 0.6) is 0 Å². The number of carbonyl (C=O) groups excluding carboxylic acids is 2. The Morgan fingerprint density at radius 3 is 2.26 bits per heavy atom. The van der Waals surface area contributed by atoms with Gasteiger partial charge in [-0.1, -0.05) is 33.3 Å². The summed E-state index contributed by atoms with van der Waals surface area (Å²) in [6.45, 7) is 16.4. The van der Waals surface area contributed by atoms with Crippen LogP contribution < -0.4 is 0 Å². The molecule has 6 rings (SSSR count). The maximum Gasteiger partial charge on any atom is 0.356 e. The van der Waals surface area contributed by atoms with Crippen LogP contribution in [0.2, 0.25) is 0 Å². The molecule has 9 heteroatoms. The number of allylic oxidation sites excluding steroid dienone is 2. The summed E-state index contributed by atoms with van der Waals surface area (Å²) in [4.78, 5) is 53.6. The van der Waals surface area contributed by atoms with Gasteiger partial charge >= 0.3 is 17.9 Å². The second-order valence-corrected chi connectivity index (χ2v) is 17.0. The van der Waals surface area contributed by atoms with Gasteiger partial charge in [-0.25, -0.2) is 4.79 Å². The van der Waals surface area contributed by atoms with Gasteiger partial charge in [-0.05, 0) is 131 Å².